The van der Waals surface area contributed by atoms with Crippen LogP contribution in [0.3, 0.4) is 0 Å². The lowest BCUT2D eigenvalue weighted by molar-refractivity contribution is 0.224. The maximum atomic E-state index is 13.7. The van der Waals surface area contributed by atoms with Crippen molar-refractivity contribution in [2.75, 3.05) is 0 Å². The van der Waals surface area contributed by atoms with E-state index in [9.17, 15) is 9.18 Å². The Labute approximate surface area is 156 Å². The Kier molecular flexibility index (Phi) is 5.80. The smallest absolute Gasteiger partial charge is 0.315 e. The van der Waals surface area contributed by atoms with Crippen LogP contribution in [0, 0.1) is 11.7 Å². The number of halogens is 1. The number of rotatable bonds is 6. The highest BCUT2D eigenvalue weighted by atomic mass is 19.1. The summed E-state index contributed by atoms with van der Waals surface area (Å²) in [6.45, 7) is 3.96. The fourth-order valence-electron chi connectivity index (χ4n) is 2.59. The fraction of sp³-hybridized carbons (Fsp3) is 0.250. The van der Waals surface area contributed by atoms with Crippen molar-refractivity contribution < 1.29 is 13.7 Å². The minimum Gasteiger partial charge on any atom is -0.337 e. The minimum atomic E-state index is -0.462. The van der Waals surface area contributed by atoms with Gasteiger partial charge in [-0.05, 0) is 12.0 Å². The lowest BCUT2D eigenvalue weighted by Gasteiger charge is -2.19. The first-order valence-electron chi connectivity index (χ1n) is 8.71. The average Bonchev–Trinajstić information content (AvgIpc) is 3.16. The van der Waals surface area contributed by atoms with Crippen LogP contribution in [0.1, 0.15) is 31.3 Å². The second-order valence-corrected chi connectivity index (χ2v) is 6.46. The number of hydrogen-bond acceptors (Lipinski definition) is 4. The van der Waals surface area contributed by atoms with E-state index in [1.54, 1.807) is 18.2 Å². The van der Waals surface area contributed by atoms with E-state index in [4.69, 9.17) is 4.52 Å². The molecule has 3 rings (SSSR count). The molecule has 1 atom stereocenters. The monoisotopic (exact) mass is 368 g/mol. The molecule has 140 valence electrons. The number of hydrogen-bond donors (Lipinski definition) is 2. The van der Waals surface area contributed by atoms with E-state index in [-0.39, 0.29) is 18.3 Å². The molecule has 0 aliphatic rings. The number of amides is 2. The van der Waals surface area contributed by atoms with Gasteiger partial charge in [0.15, 0.2) is 0 Å². The zero-order chi connectivity index (χ0) is 19.2. The third-order valence-corrected chi connectivity index (χ3v) is 4.09. The molecule has 0 fully saturated rings. The van der Waals surface area contributed by atoms with Crippen molar-refractivity contribution >= 4 is 6.03 Å². The van der Waals surface area contributed by atoms with Gasteiger partial charge in [0.25, 0.3) is 0 Å². The first-order chi connectivity index (χ1) is 13.0. The summed E-state index contributed by atoms with van der Waals surface area (Å²) >= 11 is 0. The Hall–Kier alpha value is -3.22. The van der Waals surface area contributed by atoms with Gasteiger partial charge in [0, 0.05) is 17.7 Å². The molecule has 1 heterocycles. The molecule has 6 nitrogen and oxygen atoms in total. The summed E-state index contributed by atoms with van der Waals surface area (Å²) in [5.74, 6) is 0.450. The van der Waals surface area contributed by atoms with Crippen LogP contribution in [0.5, 0.6) is 0 Å². The number of nitrogens with one attached hydrogen (secondary N) is 2. The van der Waals surface area contributed by atoms with Crippen molar-refractivity contribution in [1.29, 1.82) is 0 Å². The molecule has 3 aromatic rings. The lowest BCUT2D eigenvalue weighted by Crippen LogP contribution is -2.39. The Balaban J connectivity index is 1.66. The van der Waals surface area contributed by atoms with Crippen molar-refractivity contribution in [1.82, 2.24) is 20.8 Å². The number of nitrogens with zero attached hydrogens (tertiary/aromatic N) is 2. The van der Waals surface area contributed by atoms with E-state index >= 15 is 0 Å². The largest absolute Gasteiger partial charge is 0.337 e. The number of urea groups is 1. The minimum absolute atomic E-state index is 0.0216. The fourth-order valence-corrected chi connectivity index (χ4v) is 2.59. The van der Waals surface area contributed by atoms with Gasteiger partial charge in [-0.15, -0.1) is 0 Å². The van der Waals surface area contributed by atoms with Gasteiger partial charge in [-0.25, -0.2) is 9.18 Å². The highest BCUT2D eigenvalue weighted by Gasteiger charge is 2.25. The van der Waals surface area contributed by atoms with Gasteiger partial charge in [-0.3, -0.25) is 0 Å². The third-order valence-electron chi connectivity index (χ3n) is 4.09. The molecule has 0 bridgehead atoms. The zero-order valence-corrected chi connectivity index (χ0v) is 15.1. The highest BCUT2D eigenvalue weighted by Crippen LogP contribution is 2.23. The Morgan fingerprint density at radius 1 is 1.11 bits per heavy atom. The molecule has 0 unspecified atom stereocenters. The number of carbonyl (C=O) groups is 1. The number of benzene rings is 2. The second-order valence-electron chi connectivity index (χ2n) is 6.46. The third kappa shape index (κ3) is 4.69. The van der Waals surface area contributed by atoms with E-state index in [1.807, 2.05) is 44.2 Å². The van der Waals surface area contributed by atoms with Crippen LogP contribution in [0.15, 0.2) is 59.1 Å². The van der Waals surface area contributed by atoms with Crippen molar-refractivity contribution in [3.05, 3.63) is 71.9 Å². The summed E-state index contributed by atoms with van der Waals surface area (Å²) < 4.78 is 19.0. The summed E-state index contributed by atoms with van der Waals surface area (Å²) in [5.41, 5.74) is 1.25. The first kappa shape index (κ1) is 18.6. The van der Waals surface area contributed by atoms with Crippen LogP contribution in [-0.4, -0.2) is 16.2 Å². The quantitative estimate of drug-likeness (QED) is 0.687. The summed E-state index contributed by atoms with van der Waals surface area (Å²) in [6.07, 6.45) is 0. The molecule has 0 aliphatic carbocycles. The first-order valence-corrected chi connectivity index (χ1v) is 8.71. The molecular weight excluding hydrogens is 347 g/mol. The summed E-state index contributed by atoms with van der Waals surface area (Å²) in [7, 11) is 0. The Morgan fingerprint density at radius 2 is 1.81 bits per heavy atom. The van der Waals surface area contributed by atoms with E-state index in [0.29, 0.717) is 17.3 Å². The summed E-state index contributed by atoms with van der Waals surface area (Å²) in [4.78, 5) is 16.7. The maximum Gasteiger partial charge on any atom is 0.315 e. The molecule has 0 radical (unpaired) electrons. The summed E-state index contributed by atoms with van der Waals surface area (Å²) in [6, 6.07) is 14.9. The molecule has 0 saturated heterocycles. The molecule has 2 amide bonds. The molecular formula is C20H21FN4O2. The molecule has 7 heteroatoms. The molecule has 2 aromatic carbocycles. The predicted octanol–water partition coefficient (Wildman–Crippen LogP) is 4.07. The van der Waals surface area contributed by atoms with Crippen molar-refractivity contribution in [3.8, 4) is 11.4 Å². The van der Waals surface area contributed by atoms with Crippen molar-refractivity contribution in [2.45, 2.75) is 26.4 Å². The molecule has 0 saturated carbocycles. The zero-order valence-electron chi connectivity index (χ0n) is 15.1. The number of carbonyl (C=O) groups excluding carboxylic acids is 1. The van der Waals surface area contributed by atoms with Crippen molar-refractivity contribution in [2.24, 2.45) is 5.92 Å². The SMILES string of the molecule is CC(C)[C@H](NC(=O)NCc1ccccc1F)c1nc(-c2ccccc2)no1. The van der Waals surface area contributed by atoms with E-state index < -0.39 is 12.1 Å². The van der Waals surface area contributed by atoms with Crippen LogP contribution < -0.4 is 10.6 Å². The van der Waals surface area contributed by atoms with Crippen LogP contribution >= 0.6 is 0 Å². The van der Waals surface area contributed by atoms with Crippen molar-refractivity contribution in [3.63, 3.8) is 0 Å². The van der Waals surface area contributed by atoms with Gasteiger partial charge in [0.2, 0.25) is 11.7 Å². The topological polar surface area (TPSA) is 80.0 Å². The highest BCUT2D eigenvalue weighted by molar-refractivity contribution is 5.74. The second kappa shape index (κ2) is 8.44. The van der Waals surface area contributed by atoms with Gasteiger partial charge in [0.05, 0.1) is 0 Å². The number of aromatic nitrogens is 2. The predicted molar refractivity (Wildman–Crippen MR) is 99.1 cm³/mol. The average molecular weight is 368 g/mol. The van der Waals surface area contributed by atoms with Crippen LogP contribution in [-0.2, 0) is 6.54 Å². The molecule has 1 aromatic heterocycles. The van der Waals surface area contributed by atoms with Crippen LogP contribution in [0.2, 0.25) is 0 Å². The maximum absolute atomic E-state index is 13.7. The van der Waals surface area contributed by atoms with Gasteiger partial charge in [0.1, 0.15) is 11.9 Å². The van der Waals surface area contributed by atoms with Gasteiger partial charge >= 0.3 is 6.03 Å². The van der Waals surface area contributed by atoms with E-state index in [0.717, 1.165) is 5.56 Å². The molecule has 0 spiro atoms. The van der Waals surface area contributed by atoms with Gasteiger partial charge in [-0.1, -0.05) is 67.5 Å². The molecule has 0 aliphatic heterocycles. The van der Waals surface area contributed by atoms with Crippen LogP contribution in [0.4, 0.5) is 9.18 Å². The normalized spacial score (nSPS) is 12.0. The van der Waals surface area contributed by atoms with E-state index in [1.165, 1.54) is 6.07 Å². The molecule has 27 heavy (non-hydrogen) atoms. The standard InChI is InChI=1S/C20H21FN4O2/c1-13(2)17(19-24-18(25-27-19)14-8-4-3-5-9-14)23-20(26)22-12-15-10-6-7-11-16(15)21/h3-11,13,17H,12H2,1-2H3,(H2,22,23,26)/t17-/m0/s1. The molecule has 2 N–H and O–H groups in total. The Bertz CT molecular complexity index is 896. The van der Waals surface area contributed by atoms with E-state index in [2.05, 4.69) is 20.8 Å². The van der Waals surface area contributed by atoms with Crippen LogP contribution in [0.25, 0.3) is 11.4 Å². The summed E-state index contributed by atoms with van der Waals surface area (Å²) in [5, 5.41) is 9.47. The Morgan fingerprint density at radius 3 is 2.52 bits per heavy atom. The van der Waals surface area contributed by atoms with Gasteiger partial charge < -0.3 is 15.2 Å². The lowest BCUT2D eigenvalue weighted by atomic mass is 10.0. The van der Waals surface area contributed by atoms with Gasteiger partial charge in [-0.2, -0.15) is 4.98 Å².